The smallest absolute Gasteiger partial charge is 0.333 e. The number of ether oxygens (including phenoxy) is 1. The third kappa shape index (κ3) is 5.31. The van der Waals surface area contributed by atoms with Crippen LogP contribution in [-0.4, -0.2) is 23.5 Å². The van der Waals surface area contributed by atoms with Crippen molar-refractivity contribution in [1.29, 1.82) is 0 Å². The molecule has 2 nitrogen and oxygen atoms in total. The van der Waals surface area contributed by atoms with Gasteiger partial charge in [0.25, 0.3) is 0 Å². The van der Waals surface area contributed by atoms with E-state index in [1.807, 2.05) is 0 Å². The van der Waals surface area contributed by atoms with Gasteiger partial charge in [0.15, 0.2) is 0 Å². The lowest BCUT2D eigenvalue weighted by molar-refractivity contribution is -0.137. The minimum atomic E-state index is -0.366. The monoisotopic (exact) mass is 158 g/mol. The highest BCUT2D eigenvalue weighted by atomic mass is 28.1. The Bertz CT molecular complexity index is 141. The van der Waals surface area contributed by atoms with Crippen molar-refractivity contribution in [2.75, 3.05) is 6.61 Å². The van der Waals surface area contributed by atoms with E-state index in [9.17, 15) is 4.79 Å². The maximum Gasteiger partial charge on any atom is 0.333 e. The van der Waals surface area contributed by atoms with Crippen LogP contribution >= 0.6 is 0 Å². The van der Waals surface area contributed by atoms with Crippen molar-refractivity contribution in [3.63, 3.8) is 0 Å². The molecular formula is C7H14O2Si. The van der Waals surface area contributed by atoms with E-state index in [0.717, 1.165) is 0 Å². The number of carbonyl (C=O) groups is 1. The van der Waals surface area contributed by atoms with Crippen LogP contribution in [0.3, 0.4) is 0 Å². The molecule has 0 atom stereocenters. The SMILES string of the molecule is C=CCOC(=O)C(=C)C.[SiH4]. The standard InChI is InChI=1S/C7H10O2.H4Si/c1-4-5-9-7(8)6(2)3;/h4H,1-2,5H2,3H3;1H4. The van der Waals surface area contributed by atoms with Crippen LogP contribution in [0.25, 0.3) is 0 Å². The zero-order valence-electron chi connectivity index (χ0n) is 5.52. The van der Waals surface area contributed by atoms with E-state index in [4.69, 9.17) is 0 Å². The number of hydrogen-bond acceptors (Lipinski definition) is 2. The van der Waals surface area contributed by atoms with Gasteiger partial charge in [-0.3, -0.25) is 0 Å². The van der Waals surface area contributed by atoms with Crippen molar-refractivity contribution >= 4 is 16.9 Å². The lowest BCUT2D eigenvalue weighted by atomic mass is 10.4. The molecule has 0 saturated carbocycles. The Labute approximate surface area is 65.6 Å². The van der Waals surface area contributed by atoms with Gasteiger partial charge >= 0.3 is 5.97 Å². The number of esters is 1. The van der Waals surface area contributed by atoms with Crippen molar-refractivity contribution in [2.24, 2.45) is 0 Å². The average Bonchev–Trinajstić information content (AvgIpc) is 1.82. The summed E-state index contributed by atoms with van der Waals surface area (Å²) in [5.41, 5.74) is 0.414. The first kappa shape index (κ1) is 11.9. The van der Waals surface area contributed by atoms with E-state index >= 15 is 0 Å². The molecule has 0 N–H and O–H groups in total. The fourth-order valence-electron chi connectivity index (χ4n) is 0.258. The van der Waals surface area contributed by atoms with Gasteiger partial charge in [-0.05, 0) is 17.9 Å². The summed E-state index contributed by atoms with van der Waals surface area (Å²) < 4.78 is 4.60. The van der Waals surface area contributed by atoms with Gasteiger partial charge in [0.1, 0.15) is 6.61 Å². The Hall–Kier alpha value is -0.833. The molecule has 0 unspecified atom stereocenters. The maximum absolute atomic E-state index is 10.5. The van der Waals surface area contributed by atoms with Gasteiger partial charge in [-0.1, -0.05) is 19.2 Å². The van der Waals surface area contributed by atoms with Crippen LogP contribution < -0.4 is 0 Å². The normalized spacial score (nSPS) is 7.30. The van der Waals surface area contributed by atoms with Crippen LogP contribution in [0.2, 0.25) is 0 Å². The highest BCUT2D eigenvalue weighted by Crippen LogP contribution is 1.90. The third-order valence-electron chi connectivity index (χ3n) is 0.681. The summed E-state index contributed by atoms with van der Waals surface area (Å²) in [6, 6.07) is 0. The van der Waals surface area contributed by atoms with E-state index in [1.54, 1.807) is 6.92 Å². The molecule has 0 rings (SSSR count). The first-order valence-corrected chi connectivity index (χ1v) is 2.62. The second kappa shape index (κ2) is 6.29. The van der Waals surface area contributed by atoms with Crippen molar-refractivity contribution < 1.29 is 9.53 Å². The van der Waals surface area contributed by atoms with Crippen LogP contribution in [0.5, 0.6) is 0 Å². The molecule has 0 heterocycles. The van der Waals surface area contributed by atoms with Crippen molar-refractivity contribution in [3.05, 3.63) is 24.8 Å². The summed E-state index contributed by atoms with van der Waals surface area (Å²) in [6.07, 6.45) is 1.51. The summed E-state index contributed by atoms with van der Waals surface area (Å²) in [7, 11) is 0. The largest absolute Gasteiger partial charge is 0.458 e. The quantitative estimate of drug-likeness (QED) is 0.247. The van der Waals surface area contributed by atoms with Crippen LogP contribution in [0.15, 0.2) is 24.8 Å². The van der Waals surface area contributed by atoms with E-state index < -0.39 is 0 Å². The fourth-order valence-corrected chi connectivity index (χ4v) is 0.258. The minimum Gasteiger partial charge on any atom is -0.458 e. The molecule has 0 aromatic heterocycles. The number of hydrogen-bond donors (Lipinski definition) is 0. The summed E-state index contributed by atoms with van der Waals surface area (Å²) in [5, 5.41) is 0. The summed E-state index contributed by atoms with van der Waals surface area (Å²) >= 11 is 0. The van der Waals surface area contributed by atoms with Gasteiger partial charge in [-0.25, -0.2) is 4.79 Å². The first-order valence-electron chi connectivity index (χ1n) is 2.62. The molecule has 0 saturated heterocycles. The molecule has 10 heavy (non-hydrogen) atoms. The summed E-state index contributed by atoms with van der Waals surface area (Å²) in [4.78, 5) is 10.5. The van der Waals surface area contributed by atoms with Crippen LogP contribution in [0.1, 0.15) is 6.92 Å². The highest BCUT2D eigenvalue weighted by Gasteiger charge is 1.98. The van der Waals surface area contributed by atoms with E-state index in [1.165, 1.54) is 6.08 Å². The maximum atomic E-state index is 10.5. The second-order valence-corrected chi connectivity index (χ2v) is 1.67. The van der Waals surface area contributed by atoms with E-state index in [-0.39, 0.29) is 23.5 Å². The molecule has 3 heteroatoms. The van der Waals surface area contributed by atoms with E-state index in [0.29, 0.717) is 5.57 Å². The Morgan fingerprint density at radius 3 is 2.50 bits per heavy atom. The second-order valence-electron chi connectivity index (χ2n) is 1.67. The first-order chi connectivity index (χ1) is 4.18. The Balaban J connectivity index is 0. The molecule has 0 amide bonds. The third-order valence-corrected chi connectivity index (χ3v) is 0.681. The Morgan fingerprint density at radius 1 is 1.70 bits per heavy atom. The van der Waals surface area contributed by atoms with Gasteiger partial charge in [0.05, 0.1) is 0 Å². The molecule has 0 aliphatic carbocycles. The van der Waals surface area contributed by atoms with Crippen molar-refractivity contribution in [3.8, 4) is 0 Å². The Morgan fingerprint density at radius 2 is 2.20 bits per heavy atom. The zero-order valence-corrected chi connectivity index (χ0v) is 5.52. The molecule has 0 aromatic rings. The molecule has 58 valence electrons. The van der Waals surface area contributed by atoms with Crippen LogP contribution in [0, 0.1) is 0 Å². The van der Waals surface area contributed by atoms with E-state index in [2.05, 4.69) is 17.9 Å². The molecule has 0 fully saturated rings. The van der Waals surface area contributed by atoms with Gasteiger partial charge in [0.2, 0.25) is 0 Å². The highest BCUT2D eigenvalue weighted by molar-refractivity contribution is 5.86. The molecule has 0 aromatic carbocycles. The summed E-state index contributed by atoms with van der Waals surface area (Å²) in [6.45, 7) is 8.64. The van der Waals surface area contributed by atoms with Crippen LogP contribution in [-0.2, 0) is 9.53 Å². The lowest BCUT2D eigenvalue weighted by Gasteiger charge is -1.97. The number of carbonyl (C=O) groups excluding carboxylic acids is 1. The molecule has 0 bridgehead atoms. The number of rotatable bonds is 3. The predicted molar refractivity (Wildman–Crippen MR) is 47.3 cm³/mol. The molecule has 0 aliphatic rings. The van der Waals surface area contributed by atoms with Gasteiger partial charge in [-0.2, -0.15) is 0 Å². The van der Waals surface area contributed by atoms with Gasteiger partial charge in [0, 0.05) is 5.57 Å². The van der Waals surface area contributed by atoms with Crippen molar-refractivity contribution in [1.82, 2.24) is 0 Å². The fraction of sp³-hybridized carbons (Fsp3) is 0.286. The molecular weight excluding hydrogens is 144 g/mol. The molecule has 0 radical (unpaired) electrons. The van der Waals surface area contributed by atoms with Gasteiger partial charge < -0.3 is 4.74 Å². The minimum absolute atomic E-state index is 0. The molecule has 0 aliphatic heterocycles. The molecule has 0 spiro atoms. The summed E-state index contributed by atoms with van der Waals surface area (Å²) in [5.74, 6) is -0.366. The van der Waals surface area contributed by atoms with Crippen molar-refractivity contribution in [2.45, 2.75) is 6.92 Å². The predicted octanol–water partition coefficient (Wildman–Crippen LogP) is -0.160. The average molecular weight is 158 g/mol. The van der Waals surface area contributed by atoms with Gasteiger partial charge in [-0.15, -0.1) is 0 Å². The Kier molecular flexibility index (Phi) is 7.49. The topological polar surface area (TPSA) is 26.3 Å². The zero-order chi connectivity index (χ0) is 7.28. The van der Waals surface area contributed by atoms with Crippen LogP contribution in [0.4, 0.5) is 0 Å². The lowest BCUT2D eigenvalue weighted by Crippen LogP contribution is -2.03.